The predicted molar refractivity (Wildman–Crippen MR) is 115 cm³/mol. The third kappa shape index (κ3) is 5.25. The van der Waals surface area contributed by atoms with Crippen molar-refractivity contribution < 1.29 is 10.2 Å². The number of hydrogen-bond acceptors (Lipinski definition) is 3. The molecule has 3 rings (SSSR count). The number of likely N-dealkylation sites (tertiary alicyclic amines) is 1. The van der Waals surface area contributed by atoms with E-state index in [9.17, 15) is 4.79 Å². The Kier molecular flexibility index (Phi) is 4.98. The lowest BCUT2D eigenvalue weighted by Gasteiger charge is -2.31. The molecule has 0 aliphatic carbocycles. The van der Waals surface area contributed by atoms with Crippen molar-refractivity contribution in [2.24, 2.45) is 5.92 Å². The van der Waals surface area contributed by atoms with Crippen molar-refractivity contribution in [3.8, 4) is 0 Å². The van der Waals surface area contributed by atoms with Crippen LogP contribution in [0.15, 0.2) is 17.1 Å². The lowest BCUT2D eigenvalue weighted by molar-refractivity contribution is 0.0848. The van der Waals surface area contributed by atoms with Crippen molar-refractivity contribution in [2.75, 3.05) is 19.6 Å². The van der Waals surface area contributed by atoms with Gasteiger partial charge in [-0.3, -0.25) is 9.69 Å². The van der Waals surface area contributed by atoms with Crippen LogP contribution in [0.25, 0.3) is 10.9 Å². The minimum atomic E-state index is -1.82. The lowest BCUT2D eigenvalue weighted by atomic mass is 10.0. The van der Waals surface area contributed by atoms with E-state index in [0.717, 1.165) is 6.04 Å². The molecular weight excluding hydrogens is 378 g/mol. The third-order valence-electron chi connectivity index (χ3n) is 4.78. The van der Waals surface area contributed by atoms with Gasteiger partial charge in [0, 0.05) is 50.5 Å². The van der Waals surface area contributed by atoms with Crippen molar-refractivity contribution in [3.05, 3.63) is 33.3 Å². The Hall–Kier alpha value is -1.08. The molecule has 1 atom stereocenters. The van der Waals surface area contributed by atoms with Crippen molar-refractivity contribution in [2.45, 2.75) is 58.7 Å². The zero-order chi connectivity index (χ0) is 23.2. The zero-order valence-corrected chi connectivity index (χ0v) is 18.3. The van der Waals surface area contributed by atoms with Gasteiger partial charge in [0.15, 0.2) is 0 Å². The topological polar surface area (TPSA) is 50.3 Å². The normalized spacial score (nSPS) is 25.0. The molecule has 1 saturated heterocycles. The minimum absolute atomic E-state index is 0.00612. The SMILES string of the molecule is [2H]C1([2H])CCC(C)C([2H])([2H])N1Cc1cc2c(Cl)c[nH]c(=O)c2n1COCC[Si](C)(C)C. The van der Waals surface area contributed by atoms with Crippen LogP contribution in [-0.4, -0.2) is 42.1 Å². The summed E-state index contributed by atoms with van der Waals surface area (Å²) in [7, 11) is -1.28. The second-order valence-electron chi connectivity index (χ2n) is 8.45. The molecular formula is C20H32ClN3O2Si. The maximum absolute atomic E-state index is 12.6. The largest absolute Gasteiger partial charge is 0.361 e. The van der Waals surface area contributed by atoms with Crippen LogP contribution in [-0.2, 0) is 18.0 Å². The van der Waals surface area contributed by atoms with Gasteiger partial charge in [-0.15, -0.1) is 0 Å². The maximum Gasteiger partial charge on any atom is 0.272 e. The van der Waals surface area contributed by atoms with Gasteiger partial charge in [-0.05, 0) is 37.4 Å². The number of fused-ring (bicyclic) bond motifs is 1. The van der Waals surface area contributed by atoms with Gasteiger partial charge in [0.05, 0.1) is 5.02 Å². The maximum atomic E-state index is 12.6. The number of aromatic amines is 1. The highest BCUT2D eigenvalue weighted by atomic mass is 35.5. The molecule has 3 heterocycles. The summed E-state index contributed by atoms with van der Waals surface area (Å²) in [4.78, 5) is 16.5. The van der Waals surface area contributed by atoms with Crippen LogP contribution < -0.4 is 5.56 Å². The molecule has 2 aromatic heterocycles. The molecule has 0 bridgehead atoms. The van der Waals surface area contributed by atoms with Crippen LogP contribution in [0.3, 0.4) is 0 Å². The Morgan fingerprint density at radius 2 is 2.22 bits per heavy atom. The van der Waals surface area contributed by atoms with Gasteiger partial charge in [-0.25, -0.2) is 0 Å². The summed E-state index contributed by atoms with van der Waals surface area (Å²) in [5, 5.41) is 0.940. The van der Waals surface area contributed by atoms with Gasteiger partial charge in [0.1, 0.15) is 12.2 Å². The Morgan fingerprint density at radius 1 is 1.44 bits per heavy atom. The molecule has 2 aromatic rings. The first kappa shape index (κ1) is 15.8. The average molecular weight is 414 g/mol. The van der Waals surface area contributed by atoms with E-state index in [-0.39, 0.29) is 31.2 Å². The van der Waals surface area contributed by atoms with Crippen molar-refractivity contribution in [1.82, 2.24) is 14.5 Å². The van der Waals surface area contributed by atoms with E-state index in [1.54, 1.807) is 17.6 Å². The number of nitrogens with one attached hydrogen (secondary N) is 1. The number of hydrogen-bond donors (Lipinski definition) is 1. The molecule has 1 fully saturated rings. The van der Waals surface area contributed by atoms with E-state index in [2.05, 4.69) is 24.6 Å². The molecule has 150 valence electrons. The molecule has 0 aromatic carbocycles. The van der Waals surface area contributed by atoms with Gasteiger partial charge < -0.3 is 14.3 Å². The minimum Gasteiger partial charge on any atom is -0.361 e. The van der Waals surface area contributed by atoms with Gasteiger partial charge in [0.2, 0.25) is 0 Å². The van der Waals surface area contributed by atoms with E-state index in [4.69, 9.17) is 21.8 Å². The molecule has 27 heavy (non-hydrogen) atoms. The highest BCUT2D eigenvalue weighted by molar-refractivity contribution is 6.76. The smallest absolute Gasteiger partial charge is 0.272 e. The second-order valence-corrected chi connectivity index (χ2v) is 14.5. The van der Waals surface area contributed by atoms with Crippen LogP contribution in [0, 0.1) is 5.92 Å². The van der Waals surface area contributed by atoms with Crippen LogP contribution in [0.5, 0.6) is 0 Å². The standard InChI is InChI=1S/C20H32ClN3O2Si/c1-15-6-5-7-23(12-15)13-16-10-17-18(21)11-22-20(25)19(17)24(16)14-26-8-9-27(2,3)4/h10-11,15H,5-9,12-14H2,1-4H3,(H,22,25)/i7D2,12D2. The average Bonchev–Trinajstić information content (AvgIpc) is 3.02. The summed E-state index contributed by atoms with van der Waals surface area (Å²) >= 11 is 6.33. The lowest BCUT2D eigenvalue weighted by Crippen LogP contribution is -2.34. The zero-order valence-electron chi connectivity index (χ0n) is 20.6. The van der Waals surface area contributed by atoms with Crippen LogP contribution in [0.2, 0.25) is 30.7 Å². The predicted octanol–water partition coefficient (Wildman–Crippen LogP) is 4.53. The number of nitrogens with zero attached hydrogens (tertiary/aromatic N) is 2. The highest BCUT2D eigenvalue weighted by Gasteiger charge is 2.21. The molecule has 0 spiro atoms. The third-order valence-corrected chi connectivity index (χ3v) is 6.80. The molecule has 0 radical (unpaired) electrons. The Bertz CT molecular complexity index is 1000. The first-order chi connectivity index (χ1) is 14.2. The monoisotopic (exact) mass is 413 g/mol. The summed E-state index contributed by atoms with van der Waals surface area (Å²) in [6.07, 6.45) is 2.17. The second kappa shape index (κ2) is 8.51. The molecule has 1 unspecified atom stereocenters. The van der Waals surface area contributed by atoms with Crippen LogP contribution in [0.1, 0.15) is 30.9 Å². The number of halogens is 1. The van der Waals surface area contributed by atoms with E-state index in [0.29, 0.717) is 34.6 Å². The molecule has 1 aliphatic rings. The fraction of sp³-hybridized carbons (Fsp3) is 0.650. The summed E-state index contributed by atoms with van der Waals surface area (Å²) < 4.78 is 41.6. The Labute approximate surface area is 173 Å². The fourth-order valence-electron chi connectivity index (χ4n) is 3.17. The van der Waals surface area contributed by atoms with Crippen molar-refractivity contribution in [1.29, 1.82) is 0 Å². The number of ether oxygens (including phenoxy) is 1. The fourth-order valence-corrected chi connectivity index (χ4v) is 4.13. The molecule has 1 N–H and O–H groups in total. The molecule has 1 aliphatic heterocycles. The Balaban J connectivity index is 2.00. The van der Waals surface area contributed by atoms with E-state index >= 15 is 0 Å². The molecule has 0 amide bonds. The number of piperidine rings is 1. The highest BCUT2D eigenvalue weighted by Crippen LogP contribution is 2.26. The van der Waals surface area contributed by atoms with Gasteiger partial charge in [-0.2, -0.15) is 0 Å². The van der Waals surface area contributed by atoms with Gasteiger partial charge >= 0.3 is 0 Å². The number of pyridine rings is 1. The van der Waals surface area contributed by atoms with E-state index in [1.807, 2.05) is 0 Å². The van der Waals surface area contributed by atoms with E-state index < -0.39 is 21.1 Å². The summed E-state index contributed by atoms with van der Waals surface area (Å²) in [6, 6.07) is 2.73. The molecule has 0 saturated carbocycles. The number of rotatable bonds is 7. The van der Waals surface area contributed by atoms with Crippen molar-refractivity contribution in [3.63, 3.8) is 0 Å². The first-order valence-corrected chi connectivity index (χ1v) is 13.6. The summed E-state index contributed by atoms with van der Waals surface area (Å²) in [5.41, 5.74) is 0.655. The van der Waals surface area contributed by atoms with Gasteiger partial charge in [0.25, 0.3) is 5.56 Å². The summed E-state index contributed by atoms with van der Waals surface area (Å²) in [6.45, 7) is 5.67. The Morgan fingerprint density at radius 3 is 2.96 bits per heavy atom. The quantitative estimate of drug-likeness (QED) is 0.536. The van der Waals surface area contributed by atoms with Crippen LogP contribution >= 0.6 is 11.6 Å². The van der Waals surface area contributed by atoms with E-state index in [1.165, 1.54) is 11.1 Å². The molecule has 5 nitrogen and oxygen atoms in total. The van der Waals surface area contributed by atoms with Gasteiger partial charge in [-0.1, -0.05) is 38.2 Å². The van der Waals surface area contributed by atoms with Crippen LogP contribution in [0.4, 0.5) is 0 Å². The summed E-state index contributed by atoms with van der Waals surface area (Å²) in [5.74, 6) is -0.311. The first-order valence-electron chi connectivity index (χ1n) is 11.5. The molecule has 7 heteroatoms. The number of aromatic nitrogens is 2. The van der Waals surface area contributed by atoms with Crippen molar-refractivity contribution >= 4 is 30.6 Å². The number of H-pyrrole nitrogens is 1.